The monoisotopic (exact) mass is 985 g/mol. The van der Waals surface area contributed by atoms with E-state index in [0.717, 1.165) is 116 Å². The Kier molecular flexibility index (Phi) is 55.4. The molecule has 6 nitrogen and oxygen atoms in total. The molecular weight excluding hydrogens is 877 g/mol. The van der Waals surface area contributed by atoms with Crippen LogP contribution in [0.1, 0.15) is 265 Å². The molecule has 0 fully saturated rings. The molecule has 6 heteroatoms. The number of hydrogen-bond donors (Lipinski definition) is 0. The summed E-state index contributed by atoms with van der Waals surface area (Å²) in [6.45, 7) is 6.36. The lowest BCUT2D eigenvalue weighted by molar-refractivity contribution is -0.167. The smallest absolute Gasteiger partial charge is 0.306 e. The molecule has 0 rings (SSSR count). The van der Waals surface area contributed by atoms with E-state index < -0.39 is 6.10 Å². The van der Waals surface area contributed by atoms with Crippen LogP contribution in [0.25, 0.3) is 0 Å². The van der Waals surface area contributed by atoms with E-state index in [9.17, 15) is 14.4 Å². The highest BCUT2D eigenvalue weighted by atomic mass is 16.6. The first-order valence-corrected chi connectivity index (χ1v) is 29.4. The van der Waals surface area contributed by atoms with Crippen molar-refractivity contribution in [1.82, 2.24) is 0 Å². The molecule has 0 spiro atoms. The standard InChI is InChI=1S/C65H108O6/c1-4-7-10-13-16-19-22-25-28-31-32-35-37-40-43-46-49-52-55-58-64(67)70-61-62(71-65(68)59-56-53-50-47-44-41-38-34-30-27-24-21-18-15-12-9-6-3)60-69-63(66)57-54-51-48-45-42-39-36-33-29-26-23-20-17-14-11-8-5-2/h8-9,11-12,17-18,20-21,26-27,29-30,36,38-39,41,45,48,62H,4-7,10,13-16,19,22-25,28,31-35,37,40,42-44,46-47,49-61H2,1-3H3/b11-8-,12-9-,20-17-,21-18-,29-26-,30-27-,39-36-,41-38-,48-45-/t62-/m1/s1. The lowest BCUT2D eigenvalue weighted by atomic mass is 10.0. The van der Waals surface area contributed by atoms with E-state index >= 15 is 0 Å². The first-order valence-electron chi connectivity index (χ1n) is 29.4. The number of carbonyl (C=O) groups excluding carboxylic acids is 3. The highest BCUT2D eigenvalue weighted by molar-refractivity contribution is 5.71. The third kappa shape index (κ3) is 56.9. The van der Waals surface area contributed by atoms with Gasteiger partial charge in [0, 0.05) is 19.3 Å². The molecule has 0 heterocycles. The second kappa shape index (κ2) is 58.6. The van der Waals surface area contributed by atoms with E-state index in [4.69, 9.17) is 14.2 Å². The minimum atomic E-state index is -0.815. The van der Waals surface area contributed by atoms with Crippen LogP contribution < -0.4 is 0 Å². The van der Waals surface area contributed by atoms with E-state index in [1.165, 1.54) is 103 Å². The highest BCUT2D eigenvalue weighted by Gasteiger charge is 2.19. The molecule has 71 heavy (non-hydrogen) atoms. The van der Waals surface area contributed by atoms with Crippen LogP contribution >= 0.6 is 0 Å². The van der Waals surface area contributed by atoms with Crippen LogP contribution in [0.15, 0.2) is 109 Å². The SMILES string of the molecule is CC/C=C\C/C=C\C/C=C\C/C=C\C/C=C\CCCC(=O)OC[C@H](COC(=O)CCCCCCCCCCCCCCCCCCCCC)OC(=O)CCCCCC/C=C\C/C=C\C/C=C\C/C=C\CC. The quantitative estimate of drug-likeness (QED) is 0.0261. The second-order valence-corrected chi connectivity index (χ2v) is 19.1. The van der Waals surface area contributed by atoms with Crippen molar-refractivity contribution in [2.45, 2.75) is 271 Å². The number of unbranched alkanes of at least 4 members (excludes halogenated alkanes) is 23. The van der Waals surface area contributed by atoms with Crippen LogP contribution in [0, 0.1) is 0 Å². The average Bonchev–Trinajstić information content (AvgIpc) is 3.37. The molecule has 0 aliphatic heterocycles. The fourth-order valence-corrected chi connectivity index (χ4v) is 7.94. The average molecular weight is 986 g/mol. The maximum Gasteiger partial charge on any atom is 0.306 e. The summed E-state index contributed by atoms with van der Waals surface area (Å²) < 4.78 is 16.8. The zero-order valence-corrected chi connectivity index (χ0v) is 46.2. The molecular formula is C65H108O6. The minimum Gasteiger partial charge on any atom is -0.462 e. The Hall–Kier alpha value is -3.93. The Balaban J connectivity index is 4.49. The molecule has 0 amide bonds. The van der Waals surface area contributed by atoms with Gasteiger partial charge in [-0.15, -0.1) is 0 Å². The zero-order chi connectivity index (χ0) is 51.4. The molecule has 0 unspecified atom stereocenters. The van der Waals surface area contributed by atoms with Crippen LogP contribution in [-0.2, 0) is 28.6 Å². The molecule has 0 N–H and O–H groups in total. The molecule has 0 saturated heterocycles. The van der Waals surface area contributed by atoms with Gasteiger partial charge in [0.15, 0.2) is 6.10 Å². The number of esters is 3. The van der Waals surface area contributed by atoms with E-state index in [1.807, 2.05) is 0 Å². The molecule has 0 aliphatic carbocycles. The molecule has 0 aromatic carbocycles. The largest absolute Gasteiger partial charge is 0.462 e. The third-order valence-corrected chi connectivity index (χ3v) is 12.3. The van der Waals surface area contributed by atoms with E-state index in [0.29, 0.717) is 12.8 Å². The Labute approximate surface area is 438 Å². The first kappa shape index (κ1) is 67.1. The van der Waals surface area contributed by atoms with Crippen molar-refractivity contribution < 1.29 is 28.6 Å². The fourth-order valence-electron chi connectivity index (χ4n) is 7.94. The molecule has 1 atom stereocenters. The molecule has 0 aromatic rings. The Bertz CT molecular complexity index is 1460. The Morgan fingerprint density at radius 1 is 0.296 bits per heavy atom. The number of rotatable bonds is 52. The van der Waals surface area contributed by atoms with Gasteiger partial charge < -0.3 is 14.2 Å². The van der Waals surface area contributed by atoms with Gasteiger partial charge in [0.2, 0.25) is 0 Å². The van der Waals surface area contributed by atoms with E-state index in [1.54, 1.807) is 0 Å². The van der Waals surface area contributed by atoms with Gasteiger partial charge in [-0.2, -0.15) is 0 Å². The highest BCUT2D eigenvalue weighted by Crippen LogP contribution is 2.16. The van der Waals surface area contributed by atoms with Crippen molar-refractivity contribution in [1.29, 1.82) is 0 Å². The minimum absolute atomic E-state index is 0.105. The molecule has 0 radical (unpaired) electrons. The van der Waals surface area contributed by atoms with Crippen LogP contribution in [0.5, 0.6) is 0 Å². The Morgan fingerprint density at radius 2 is 0.563 bits per heavy atom. The van der Waals surface area contributed by atoms with Crippen molar-refractivity contribution >= 4 is 17.9 Å². The normalized spacial score (nSPS) is 12.9. The molecule has 0 aromatic heterocycles. The predicted molar refractivity (Wildman–Crippen MR) is 307 cm³/mol. The molecule has 0 aliphatic rings. The summed E-state index contributed by atoms with van der Waals surface area (Å²) in [5, 5.41) is 0. The predicted octanol–water partition coefficient (Wildman–Crippen LogP) is 19.9. The fraction of sp³-hybridized carbons (Fsp3) is 0.677. The third-order valence-electron chi connectivity index (χ3n) is 12.3. The van der Waals surface area contributed by atoms with Crippen LogP contribution in [-0.4, -0.2) is 37.2 Å². The lowest BCUT2D eigenvalue weighted by Crippen LogP contribution is -2.30. The van der Waals surface area contributed by atoms with Crippen molar-refractivity contribution in [3.05, 3.63) is 109 Å². The number of ether oxygens (including phenoxy) is 3. The van der Waals surface area contributed by atoms with Gasteiger partial charge in [-0.05, 0) is 96.3 Å². The van der Waals surface area contributed by atoms with Gasteiger partial charge in [0.1, 0.15) is 13.2 Å². The summed E-state index contributed by atoms with van der Waals surface area (Å²) in [4.78, 5) is 38.2. The van der Waals surface area contributed by atoms with Crippen molar-refractivity contribution in [3.63, 3.8) is 0 Å². The van der Waals surface area contributed by atoms with Gasteiger partial charge in [0.05, 0.1) is 0 Å². The van der Waals surface area contributed by atoms with E-state index in [-0.39, 0.29) is 44.0 Å². The summed E-state index contributed by atoms with van der Waals surface area (Å²) in [6, 6.07) is 0. The lowest BCUT2D eigenvalue weighted by Gasteiger charge is -2.18. The van der Waals surface area contributed by atoms with Gasteiger partial charge in [0.25, 0.3) is 0 Å². The number of hydrogen-bond acceptors (Lipinski definition) is 6. The van der Waals surface area contributed by atoms with Gasteiger partial charge >= 0.3 is 17.9 Å². The van der Waals surface area contributed by atoms with Crippen LogP contribution in [0.4, 0.5) is 0 Å². The van der Waals surface area contributed by atoms with Crippen LogP contribution in [0.3, 0.4) is 0 Å². The second-order valence-electron chi connectivity index (χ2n) is 19.1. The zero-order valence-electron chi connectivity index (χ0n) is 46.2. The molecule has 404 valence electrons. The van der Waals surface area contributed by atoms with E-state index in [2.05, 4.69) is 130 Å². The van der Waals surface area contributed by atoms with Crippen molar-refractivity contribution in [3.8, 4) is 0 Å². The van der Waals surface area contributed by atoms with Gasteiger partial charge in [-0.25, -0.2) is 0 Å². The Morgan fingerprint density at radius 3 is 0.915 bits per heavy atom. The van der Waals surface area contributed by atoms with Gasteiger partial charge in [-0.3, -0.25) is 14.4 Å². The maximum atomic E-state index is 12.9. The summed E-state index contributed by atoms with van der Waals surface area (Å²) in [7, 11) is 0. The van der Waals surface area contributed by atoms with Crippen LogP contribution in [0.2, 0.25) is 0 Å². The number of allylic oxidation sites excluding steroid dienone is 18. The summed E-state index contributed by atoms with van der Waals surface area (Å²) in [5.41, 5.74) is 0. The number of carbonyl (C=O) groups is 3. The first-order chi connectivity index (χ1) is 35.0. The van der Waals surface area contributed by atoms with Crippen molar-refractivity contribution in [2.24, 2.45) is 0 Å². The molecule has 0 saturated carbocycles. The summed E-state index contributed by atoms with van der Waals surface area (Å²) >= 11 is 0. The topological polar surface area (TPSA) is 78.9 Å². The summed E-state index contributed by atoms with van der Waals surface area (Å²) in [5.74, 6) is -0.986. The summed E-state index contributed by atoms with van der Waals surface area (Å²) in [6.07, 6.45) is 79.5. The van der Waals surface area contributed by atoms with Gasteiger partial charge in [-0.1, -0.05) is 259 Å². The molecule has 0 bridgehead atoms. The maximum absolute atomic E-state index is 12.9. The van der Waals surface area contributed by atoms with Crippen molar-refractivity contribution in [2.75, 3.05) is 13.2 Å².